The summed E-state index contributed by atoms with van der Waals surface area (Å²) in [5.41, 5.74) is 0. The molecule has 0 saturated heterocycles. The summed E-state index contributed by atoms with van der Waals surface area (Å²) in [6.07, 6.45) is 35.3. The zero-order chi connectivity index (χ0) is 39.2. The van der Waals surface area contributed by atoms with Crippen LogP contribution >= 0.6 is 0 Å². The molecule has 0 aliphatic carbocycles. The van der Waals surface area contributed by atoms with E-state index in [2.05, 4.69) is 41.5 Å². The van der Waals surface area contributed by atoms with Crippen molar-refractivity contribution in [3.05, 3.63) is 0 Å². The minimum atomic E-state index is -0.762. The van der Waals surface area contributed by atoms with Gasteiger partial charge in [0.2, 0.25) is 0 Å². The van der Waals surface area contributed by atoms with E-state index in [1.165, 1.54) is 128 Å². The van der Waals surface area contributed by atoms with Crippen LogP contribution in [0.2, 0.25) is 0 Å². The Morgan fingerprint density at radius 1 is 0.321 bits per heavy atom. The van der Waals surface area contributed by atoms with Crippen LogP contribution in [0.25, 0.3) is 0 Å². The second-order valence-electron chi connectivity index (χ2n) is 17.5. The third-order valence-corrected chi connectivity index (χ3v) is 10.4. The molecule has 0 fully saturated rings. The van der Waals surface area contributed by atoms with Crippen molar-refractivity contribution in [2.75, 3.05) is 13.2 Å². The molecule has 0 aliphatic rings. The maximum absolute atomic E-state index is 12.7. The molecule has 0 aromatic carbocycles. The van der Waals surface area contributed by atoms with Crippen molar-refractivity contribution in [2.45, 2.75) is 253 Å². The Morgan fingerprint density at radius 2 is 0.547 bits per heavy atom. The largest absolute Gasteiger partial charge is 0.462 e. The lowest BCUT2D eigenvalue weighted by molar-refractivity contribution is -0.167. The number of hydrogen-bond donors (Lipinski definition) is 0. The number of carbonyl (C=O) groups is 3. The minimum absolute atomic E-state index is 0.0666. The molecule has 0 saturated carbocycles. The minimum Gasteiger partial charge on any atom is -0.462 e. The SMILES string of the molecule is CC(C)CCCCCCCCCCCCCC(=O)OC[C@H](COC(=O)CCCCCCCCC(C)C)OC(=O)CCCCCCCCCCCC(C)C. The van der Waals surface area contributed by atoms with Crippen molar-refractivity contribution in [1.82, 2.24) is 0 Å². The van der Waals surface area contributed by atoms with Gasteiger partial charge in [0.1, 0.15) is 13.2 Å². The number of hydrogen-bond acceptors (Lipinski definition) is 6. The Balaban J connectivity index is 4.32. The van der Waals surface area contributed by atoms with Gasteiger partial charge < -0.3 is 14.2 Å². The van der Waals surface area contributed by atoms with E-state index in [-0.39, 0.29) is 31.1 Å². The van der Waals surface area contributed by atoms with Gasteiger partial charge in [0, 0.05) is 19.3 Å². The van der Waals surface area contributed by atoms with Crippen LogP contribution in [0.15, 0.2) is 0 Å². The fourth-order valence-electron chi connectivity index (χ4n) is 6.88. The number of esters is 3. The summed E-state index contributed by atoms with van der Waals surface area (Å²) in [6.45, 7) is 13.6. The molecule has 0 aromatic rings. The van der Waals surface area contributed by atoms with Gasteiger partial charge in [-0.1, -0.05) is 208 Å². The van der Waals surface area contributed by atoms with Gasteiger partial charge in [-0.2, -0.15) is 0 Å². The number of rotatable bonds is 40. The van der Waals surface area contributed by atoms with E-state index >= 15 is 0 Å². The lowest BCUT2D eigenvalue weighted by Crippen LogP contribution is -2.30. The summed E-state index contributed by atoms with van der Waals surface area (Å²) in [6, 6.07) is 0. The van der Waals surface area contributed by atoms with Gasteiger partial charge >= 0.3 is 17.9 Å². The molecule has 0 N–H and O–H groups in total. The smallest absolute Gasteiger partial charge is 0.306 e. The molecule has 53 heavy (non-hydrogen) atoms. The highest BCUT2D eigenvalue weighted by Crippen LogP contribution is 2.17. The summed E-state index contributed by atoms with van der Waals surface area (Å²) in [4.78, 5) is 37.7. The molecule has 0 unspecified atom stereocenters. The van der Waals surface area contributed by atoms with Crippen molar-refractivity contribution >= 4 is 17.9 Å². The van der Waals surface area contributed by atoms with Gasteiger partial charge in [0.05, 0.1) is 0 Å². The second-order valence-corrected chi connectivity index (χ2v) is 17.5. The maximum Gasteiger partial charge on any atom is 0.306 e. The number of unbranched alkanes of at least 4 members (excludes halogenated alkanes) is 23. The topological polar surface area (TPSA) is 78.9 Å². The lowest BCUT2D eigenvalue weighted by Gasteiger charge is -2.18. The molecule has 0 spiro atoms. The first-order valence-corrected chi connectivity index (χ1v) is 23.1. The third kappa shape index (κ3) is 41.4. The molecule has 0 amide bonds. The second kappa shape index (κ2) is 38.7. The molecule has 0 aromatic heterocycles. The Kier molecular flexibility index (Phi) is 37.5. The monoisotopic (exact) mass is 751 g/mol. The van der Waals surface area contributed by atoms with Crippen LogP contribution in [0, 0.1) is 17.8 Å². The van der Waals surface area contributed by atoms with Crippen LogP contribution in [0.4, 0.5) is 0 Å². The predicted octanol–water partition coefficient (Wildman–Crippen LogP) is 14.4. The van der Waals surface area contributed by atoms with Crippen molar-refractivity contribution in [3.63, 3.8) is 0 Å². The molecule has 0 radical (unpaired) electrons. The number of carbonyl (C=O) groups excluding carboxylic acids is 3. The van der Waals surface area contributed by atoms with Crippen LogP contribution in [0.5, 0.6) is 0 Å². The molecule has 6 nitrogen and oxygen atoms in total. The Morgan fingerprint density at radius 3 is 0.811 bits per heavy atom. The predicted molar refractivity (Wildman–Crippen MR) is 224 cm³/mol. The highest BCUT2D eigenvalue weighted by Gasteiger charge is 2.19. The summed E-state index contributed by atoms with van der Waals surface area (Å²) in [5.74, 6) is 1.53. The van der Waals surface area contributed by atoms with Crippen LogP contribution in [0.3, 0.4) is 0 Å². The molecule has 0 heterocycles. The van der Waals surface area contributed by atoms with Crippen molar-refractivity contribution < 1.29 is 28.6 Å². The van der Waals surface area contributed by atoms with Crippen molar-refractivity contribution in [1.29, 1.82) is 0 Å². The van der Waals surface area contributed by atoms with Crippen molar-refractivity contribution in [3.8, 4) is 0 Å². The molecule has 6 heteroatoms. The standard InChI is InChI=1S/C47H90O6/c1-41(2)33-27-21-15-11-8-7-9-13-17-24-30-36-45(48)51-39-44(40-52-46(49)37-31-25-20-19-23-29-35-43(5)6)53-47(50)38-32-26-18-14-10-12-16-22-28-34-42(3)4/h41-44H,7-40H2,1-6H3/t44-/m1/s1. The molecule has 0 aliphatic heterocycles. The van der Waals surface area contributed by atoms with E-state index in [0.29, 0.717) is 19.3 Å². The van der Waals surface area contributed by atoms with Gasteiger partial charge in [0.25, 0.3) is 0 Å². The average molecular weight is 751 g/mol. The quantitative estimate of drug-likeness (QED) is 0.0352. The van der Waals surface area contributed by atoms with Crippen LogP contribution in [-0.4, -0.2) is 37.2 Å². The fraction of sp³-hybridized carbons (Fsp3) is 0.936. The Hall–Kier alpha value is -1.59. The van der Waals surface area contributed by atoms with E-state index in [0.717, 1.165) is 75.5 Å². The van der Waals surface area contributed by atoms with E-state index < -0.39 is 6.10 Å². The van der Waals surface area contributed by atoms with Crippen LogP contribution < -0.4 is 0 Å². The van der Waals surface area contributed by atoms with Crippen LogP contribution in [-0.2, 0) is 28.6 Å². The fourth-order valence-corrected chi connectivity index (χ4v) is 6.88. The molecule has 0 rings (SSSR count). The Bertz CT molecular complexity index is 822. The molecule has 1 atom stereocenters. The molecular formula is C47H90O6. The van der Waals surface area contributed by atoms with Gasteiger partial charge in [-0.3, -0.25) is 14.4 Å². The summed E-state index contributed by atoms with van der Waals surface area (Å²) >= 11 is 0. The third-order valence-electron chi connectivity index (χ3n) is 10.4. The highest BCUT2D eigenvalue weighted by molar-refractivity contribution is 5.71. The molecule has 314 valence electrons. The van der Waals surface area contributed by atoms with E-state index in [1.807, 2.05) is 0 Å². The Labute approximate surface area is 329 Å². The lowest BCUT2D eigenvalue weighted by atomic mass is 10.0. The zero-order valence-electron chi connectivity index (χ0n) is 36.3. The summed E-state index contributed by atoms with van der Waals surface area (Å²) < 4.78 is 16.7. The summed E-state index contributed by atoms with van der Waals surface area (Å²) in [5, 5.41) is 0. The van der Waals surface area contributed by atoms with Gasteiger partial charge in [-0.15, -0.1) is 0 Å². The van der Waals surface area contributed by atoms with E-state index in [9.17, 15) is 14.4 Å². The zero-order valence-corrected chi connectivity index (χ0v) is 36.3. The van der Waals surface area contributed by atoms with E-state index in [1.54, 1.807) is 0 Å². The average Bonchev–Trinajstić information content (AvgIpc) is 3.11. The summed E-state index contributed by atoms with van der Waals surface area (Å²) in [7, 11) is 0. The van der Waals surface area contributed by atoms with Gasteiger partial charge in [-0.05, 0) is 37.0 Å². The molecule has 0 bridgehead atoms. The van der Waals surface area contributed by atoms with Crippen LogP contribution in [0.1, 0.15) is 247 Å². The van der Waals surface area contributed by atoms with Gasteiger partial charge in [0.15, 0.2) is 6.10 Å². The normalized spacial score (nSPS) is 12.2. The van der Waals surface area contributed by atoms with Crippen molar-refractivity contribution in [2.24, 2.45) is 17.8 Å². The number of ether oxygens (including phenoxy) is 3. The first-order valence-electron chi connectivity index (χ1n) is 23.1. The molecular weight excluding hydrogens is 661 g/mol. The maximum atomic E-state index is 12.7. The van der Waals surface area contributed by atoms with Gasteiger partial charge in [-0.25, -0.2) is 0 Å². The highest BCUT2D eigenvalue weighted by atomic mass is 16.6. The van der Waals surface area contributed by atoms with E-state index in [4.69, 9.17) is 14.2 Å². The first-order chi connectivity index (χ1) is 25.6. The first kappa shape index (κ1) is 51.4.